The number of carbonyl (C=O) groups is 1. The minimum Gasteiger partial charge on any atom is -0.481 e. The van der Waals surface area contributed by atoms with E-state index in [1.807, 2.05) is 0 Å². The van der Waals surface area contributed by atoms with Crippen molar-refractivity contribution in [2.75, 3.05) is 7.11 Å². The molecule has 0 radical (unpaired) electrons. The lowest BCUT2D eigenvalue weighted by Gasteiger charge is -2.09. The van der Waals surface area contributed by atoms with E-state index in [9.17, 15) is 9.59 Å². The van der Waals surface area contributed by atoms with Crippen molar-refractivity contribution >= 4 is 29.0 Å². The topological polar surface area (TPSA) is 87.0 Å². The van der Waals surface area contributed by atoms with Crippen LogP contribution in [0.4, 0.5) is 0 Å². The predicted octanol–water partition coefficient (Wildman–Crippen LogP) is 5.16. The van der Waals surface area contributed by atoms with Gasteiger partial charge in [0.2, 0.25) is 5.88 Å². The first kappa shape index (κ1) is 24.9. The van der Waals surface area contributed by atoms with Gasteiger partial charge in [0, 0.05) is 37.5 Å². The lowest BCUT2D eigenvalue weighted by molar-refractivity contribution is 0.0977. The zero-order valence-corrected chi connectivity index (χ0v) is 20.0. The summed E-state index contributed by atoms with van der Waals surface area (Å²) in [5.41, 5.74) is 0.568. The Bertz CT molecular complexity index is 1130. The maximum absolute atomic E-state index is 12.8. The van der Waals surface area contributed by atoms with Gasteiger partial charge >= 0.3 is 0 Å². The van der Waals surface area contributed by atoms with Crippen LogP contribution in [0.3, 0.4) is 0 Å². The first-order chi connectivity index (χ1) is 16.0. The van der Waals surface area contributed by atoms with Crippen molar-refractivity contribution in [3.8, 4) is 5.88 Å². The Balaban J connectivity index is 1.45. The molecular formula is C24H26Cl2N4O3. The van der Waals surface area contributed by atoms with Crippen molar-refractivity contribution in [2.24, 2.45) is 0 Å². The molecule has 3 rings (SSSR count). The monoisotopic (exact) mass is 488 g/mol. The number of hydrogen-bond acceptors (Lipinski definition) is 6. The number of aromatic nitrogens is 4. The molecule has 0 N–H and O–H groups in total. The third kappa shape index (κ3) is 7.65. The van der Waals surface area contributed by atoms with Crippen molar-refractivity contribution in [1.29, 1.82) is 0 Å². The second-order valence-electron chi connectivity index (χ2n) is 7.70. The maximum Gasteiger partial charge on any atom is 0.261 e. The Morgan fingerprint density at radius 2 is 1.85 bits per heavy atom. The van der Waals surface area contributed by atoms with Gasteiger partial charge in [0.1, 0.15) is 11.0 Å². The fourth-order valence-electron chi connectivity index (χ4n) is 3.46. The number of nitrogens with zero attached hydrogens (tertiary/aromatic N) is 4. The van der Waals surface area contributed by atoms with Crippen molar-refractivity contribution < 1.29 is 9.53 Å². The van der Waals surface area contributed by atoms with Gasteiger partial charge < -0.3 is 9.30 Å². The molecule has 7 nitrogen and oxygen atoms in total. The number of methoxy groups -OCH3 is 1. The van der Waals surface area contributed by atoms with Crippen LogP contribution in [0, 0.1) is 0 Å². The molecule has 0 spiro atoms. The van der Waals surface area contributed by atoms with Crippen LogP contribution < -0.4 is 10.3 Å². The highest BCUT2D eigenvalue weighted by Crippen LogP contribution is 2.14. The van der Waals surface area contributed by atoms with E-state index in [-0.39, 0.29) is 23.5 Å². The summed E-state index contributed by atoms with van der Waals surface area (Å²) in [6.45, 7) is 0.265. The Morgan fingerprint density at radius 1 is 1.06 bits per heavy atom. The molecule has 0 amide bonds. The zero-order valence-electron chi connectivity index (χ0n) is 18.5. The average molecular weight is 489 g/mol. The molecule has 0 fully saturated rings. The van der Waals surface area contributed by atoms with E-state index in [1.54, 1.807) is 37.7 Å². The van der Waals surface area contributed by atoms with Gasteiger partial charge in [-0.1, -0.05) is 48.5 Å². The molecule has 0 atom stereocenters. The molecule has 0 bridgehead atoms. The summed E-state index contributed by atoms with van der Waals surface area (Å²) >= 11 is 12.0. The second kappa shape index (κ2) is 12.5. The van der Waals surface area contributed by atoms with Crippen LogP contribution in [0.1, 0.15) is 60.3 Å². The minimum absolute atomic E-state index is 0.125. The minimum atomic E-state index is -0.349. The van der Waals surface area contributed by atoms with Crippen LogP contribution in [0.15, 0.2) is 47.7 Å². The molecule has 174 valence electrons. The summed E-state index contributed by atoms with van der Waals surface area (Å²) < 4.78 is 6.54. The number of pyridine rings is 2. The molecule has 0 saturated carbocycles. The summed E-state index contributed by atoms with van der Waals surface area (Å²) in [6, 6.07) is 6.62. The zero-order chi connectivity index (χ0) is 23.6. The number of rotatable bonds is 12. The number of aryl methyl sites for hydroxylation is 1. The lowest BCUT2D eigenvalue weighted by atomic mass is 10.0. The second-order valence-corrected chi connectivity index (χ2v) is 8.52. The number of halogens is 2. The van der Waals surface area contributed by atoms with E-state index < -0.39 is 0 Å². The largest absolute Gasteiger partial charge is 0.481 e. The number of ketones is 1. The first-order valence-corrected chi connectivity index (χ1v) is 11.6. The number of hydrogen-bond donors (Lipinski definition) is 0. The molecule has 0 aromatic carbocycles. The fourth-order valence-corrected chi connectivity index (χ4v) is 3.80. The summed E-state index contributed by atoms with van der Waals surface area (Å²) in [7, 11) is 1.59. The molecule has 0 aliphatic heterocycles. The van der Waals surface area contributed by atoms with Crippen molar-refractivity contribution in [3.63, 3.8) is 0 Å². The highest BCUT2D eigenvalue weighted by molar-refractivity contribution is 6.30. The van der Waals surface area contributed by atoms with E-state index in [4.69, 9.17) is 27.9 Å². The number of Topliss-reactive ketones (excluding diaryl/α,β-unsaturated/α-hetero) is 1. The van der Waals surface area contributed by atoms with E-state index in [1.165, 1.54) is 16.8 Å². The van der Waals surface area contributed by atoms with Gasteiger partial charge in [-0.3, -0.25) is 9.59 Å². The lowest BCUT2D eigenvalue weighted by Crippen LogP contribution is -2.26. The van der Waals surface area contributed by atoms with Crippen LogP contribution in [-0.4, -0.2) is 32.4 Å². The molecule has 3 heterocycles. The van der Waals surface area contributed by atoms with Crippen molar-refractivity contribution in [2.45, 2.75) is 51.5 Å². The third-order valence-corrected chi connectivity index (χ3v) is 5.62. The number of carbonyl (C=O) groups excluding carboxylic acids is 1. The van der Waals surface area contributed by atoms with E-state index in [0.29, 0.717) is 22.5 Å². The van der Waals surface area contributed by atoms with Crippen LogP contribution in [0.2, 0.25) is 10.2 Å². The van der Waals surface area contributed by atoms with Gasteiger partial charge in [-0.05, 0) is 30.5 Å². The molecule has 0 saturated heterocycles. The van der Waals surface area contributed by atoms with Gasteiger partial charge in [0.15, 0.2) is 5.78 Å². The Morgan fingerprint density at radius 3 is 2.61 bits per heavy atom. The van der Waals surface area contributed by atoms with Crippen molar-refractivity contribution in [3.05, 3.63) is 80.3 Å². The highest BCUT2D eigenvalue weighted by atomic mass is 35.5. The van der Waals surface area contributed by atoms with Crippen LogP contribution >= 0.6 is 23.2 Å². The third-order valence-electron chi connectivity index (χ3n) is 5.19. The standard InChI is InChI=1S/C24H26Cl2N4O3/c1-33-23-11-12-27-22(29-23)8-6-4-2-3-5-7-20(31)19-13-18(25)16-30(24(19)32)15-17-9-10-21(26)28-14-17/h9-14,16H,2-8,15H2,1H3. The van der Waals surface area contributed by atoms with E-state index in [2.05, 4.69) is 15.0 Å². The summed E-state index contributed by atoms with van der Waals surface area (Å²) in [5.74, 6) is 1.16. The molecule has 0 unspecified atom stereocenters. The molecule has 3 aromatic rings. The molecule has 0 aliphatic rings. The van der Waals surface area contributed by atoms with Crippen molar-refractivity contribution in [1.82, 2.24) is 19.5 Å². The summed E-state index contributed by atoms with van der Waals surface area (Å²) in [6.07, 6.45) is 10.6. The number of ether oxygens (including phenoxy) is 1. The summed E-state index contributed by atoms with van der Waals surface area (Å²) in [4.78, 5) is 38.0. The fraction of sp³-hybridized carbons (Fsp3) is 0.375. The molecule has 0 aliphatic carbocycles. The Labute approximate surface area is 202 Å². The molecule has 33 heavy (non-hydrogen) atoms. The van der Waals surface area contributed by atoms with Crippen LogP contribution in [-0.2, 0) is 13.0 Å². The van der Waals surface area contributed by atoms with Crippen LogP contribution in [0.25, 0.3) is 0 Å². The SMILES string of the molecule is COc1ccnc(CCCCCCCC(=O)c2cc(Cl)cn(Cc3ccc(Cl)nc3)c2=O)n1. The van der Waals surface area contributed by atoms with Gasteiger partial charge in [-0.2, -0.15) is 4.98 Å². The highest BCUT2D eigenvalue weighted by Gasteiger charge is 2.14. The molecule has 3 aromatic heterocycles. The number of unbranched alkanes of at least 4 members (excludes halogenated alkanes) is 4. The van der Waals surface area contributed by atoms with Gasteiger partial charge in [-0.25, -0.2) is 9.97 Å². The van der Waals surface area contributed by atoms with Crippen LogP contribution in [0.5, 0.6) is 5.88 Å². The van der Waals surface area contributed by atoms with E-state index >= 15 is 0 Å². The van der Waals surface area contributed by atoms with Gasteiger partial charge in [0.25, 0.3) is 5.56 Å². The normalized spacial score (nSPS) is 10.9. The quantitative estimate of drug-likeness (QED) is 0.198. The van der Waals surface area contributed by atoms with Gasteiger partial charge in [-0.15, -0.1) is 0 Å². The van der Waals surface area contributed by atoms with E-state index in [0.717, 1.165) is 49.9 Å². The summed E-state index contributed by atoms with van der Waals surface area (Å²) in [5, 5.41) is 0.723. The average Bonchev–Trinajstić information content (AvgIpc) is 2.82. The van der Waals surface area contributed by atoms with Gasteiger partial charge in [0.05, 0.1) is 24.2 Å². The smallest absolute Gasteiger partial charge is 0.261 e. The molecule has 9 heteroatoms. The predicted molar refractivity (Wildman–Crippen MR) is 128 cm³/mol. The Hall–Kier alpha value is -2.77. The maximum atomic E-state index is 12.8. The Kier molecular flexibility index (Phi) is 9.39. The first-order valence-electron chi connectivity index (χ1n) is 10.9. The molecular weight excluding hydrogens is 463 g/mol.